The number of ketones is 1. The summed E-state index contributed by atoms with van der Waals surface area (Å²) in [5.41, 5.74) is -3.53. The van der Waals surface area contributed by atoms with Crippen LogP contribution in [-0.4, -0.2) is 34.2 Å². The zero-order valence-corrected chi connectivity index (χ0v) is 17.0. The van der Waals surface area contributed by atoms with Gasteiger partial charge in [-0.05, 0) is 32.3 Å². The monoisotopic (exact) mass is 422 g/mol. The summed E-state index contributed by atoms with van der Waals surface area (Å²) in [6.45, 7) is 2.18. The van der Waals surface area contributed by atoms with Gasteiger partial charge in [-0.1, -0.05) is 49.6 Å². The number of amides is 2. The lowest BCUT2D eigenvalue weighted by atomic mass is 9.84. The fourth-order valence-corrected chi connectivity index (χ4v) is 4.44. The van der Waals surface area contributed by atoms with Crippen molar-refractivity contribution in [2.75, 3.05) is 0 Å². The van der Waals surface area contributed by atoms with Crippen LogP contribution in [-0.2, 0) is 20.9 Å². The predicted octanol–water partition coefficient (Wildman–Crippen LogP) is 3.89. The molecule has 162 valence electrons. The zero-order chi connectivity index (χ0) is 22.1. The molecule has 1 heterocycles. The highest BCUT2D eigenvalue weighted by Crippen LogP contribution is 2.45. The van der Waals surface area contributed by atoms with E-state index in [1.54, 1.807) is 30.3 Å². The number of alkyl halides is 3. The second kappa shape index (κ2) is 8.24. The van der Waals surface area contributed by atoms with Crippen molar-refractivity contribution in [3.63, 3.8) is 0 Å². The van der Waals surface area contributed by atoms with Gasteiger partial charge in [0, 0.05) is 11.6 Å². The van der Waals surface area contributed by atoms with Gasteiger partial charge in [0.15, 0.2) is 5.78 Å². The third kappa shape index (κ3) is 3.75. The van der Waals surface area contributed by atoms with E-state index in [9.17, 15) is 27.6 Å². The first-order valence-corrected chi connectivity index (χ1v) is 10.1. The third-order valence-corrected chi connectivity index (χ3v) is 5.96. The van der Waals surface area contributed by atoms with Gasteiger partial charge in [-0.3, -0.25) is 14.4 Å². The van der Waals surface area contributed by atoms with Gasteiger partial charge in [0.1, 0.15) is 0 Å². The van der Waals surface area contributed by atoms with E-state index in [2.05, 4.69) is 0 Å². The molecule has 0 radical (unpaired) electrons. The van der Waals surface area contributed by atoms with E-state index < -0.39 is 40.8 Å². The van der Waals surface area contributed by atoms with Crippen LogP contribution in [0.4, 0.5) is 13.2 Å². The summed E-state index contributed by atoms with van der Waals surface area (Å²) in [6, 6.07) is 8.54. The van der Waals surface area contributed by atoms with E-state index in [4.69, 9.17) is 0 Å². The fourth-order valence-electron chi connectivity index (χ4n) is 4.44. The molecule has 1 aliphatic carbocycles. The number of carbonyl (C=O) groups excluding carboxylic acids is 3. The Morgan fingerprint density at radius 1 is 1.13 bits per heavy atom. The number of allylic oxidation sites excluding steroid dienone is 1. The SMILES string of the molecule is CC(=O)C1=C(C)N(Cc2ccccc2)C(=O)[C@]1(NC(=O)C1CCCCC1)C(F)(F)F. The molecule has 1 aromatic rings. The van der Waals surface area contributed by atoms with Gasteiger partial charge in [-0.2, -0.15) is 13.2 Å². The minimum atomic E-state index is -5.16. The molecule has 0 bridgehead atoms. The van der Waals surface area contributed by atoms with Gasteiger partial charge >= 0.3 is 6.18 Å². The molecule has 0 spiro atoms. The number of halogens is 3. The number of nitrogens with one attached hydrogen (secondary N) is 1. The minimum Gasteiger partial charge on any atom is -0.330 e. The summed E-state index contributed by atoms with van der Waals surface area (Å²) < 4.78 is 43.3. The average molecular weight is 422 g/mol. The summed E-state index contributed by atoms with van der Waals surface area (Å²) in [4.78, 5) is 39.3. The van der Waals surface area contributed by atoms with Gasteiger partial charge < -0.3 is 10.2 Å². The second-order valence-corrected chi connectivity index (χ2v) is 7.97. The molecule has 2 amide bonds. The zero-order valence-electron chi connectivity index (χ0n) is 17.0. The van der Waals surface area contributed by atoms with Crippen LogP contribution < -0.4 is 5.32 Å². The Morgan fingerprint density at radius 2 is 1.73 bits per heavy atom. The van der Waals surface area contributed by atoms with Crippen LogP contribution in [0.2, 0.25) is 0 Å². The van der Waals surface area contributed by atoms with Crippen molar-refractivity contribution in [1.29, 1.82) is 0 Å². The Morgan fingerprint density at radius 3 is 2.27 bits per heavy atom. The minimum absolute atomic E-state index is 0.0855. The molecule has 1 aromatic carbocycles. The number of nitrogens with zero attached hydrogens (tertiary/aromatic N) is 1. The van der Waals surface area contributed by atoms with Crippen molar-refractivity contribution < 1.29 is 27.6 Å². The van der Waals surface area contributed by atoms with Crippen molar-refractivity contribution in [3.05, 3.63) is 47.2 Å². The third-order valence-electron chi connectivity index (χ3n) is 5.96. The Hall–Kier alpha value is -2.64. The second-order valence-electron chi connectivity index (χ2n) is 7.97. The molecule has 0 aromatic heterocycles. The molecular weight excluding hydrogens is 397 g/mol. The first kappa shape index (κ1) is 22.1. The van der Waals surface area contributed by atoms with Crippen molar-refractivity contribution in [3.8, 4) is 0 Å². The molecule has 1 atom stereocenters. The molecule has 1 fully saturated rings. The largest absolute Gasteiger partial charge is 0.425 e. The lowest BCUT2D eigenvalue weighted by molar-refractivity contribution is -0.195. The highest BCUT2D eigenvalue weighted by molar-refractivity contribution is 6.12. The molecule has 3 rings (SSSR count). The van der Waals surface area contributed by atoms with Crippen LogP contribution in [0.15, 0.2) is 41.6 Å². The number of hydrogen-bond donors (Lipinski definition) is 1. The topological polar surface area (TPSA) is 66.5 Å². The smallest absolute Gasteiger partial charge is 0.330 e. The van der Waals surface area contributed by atoms with Gasteiger partial charge in [-0.15, -0.1) is 0 Å². The molecule has 30 heavy (non-hydrogen) atoms. The van der Waals surface area contributed by atoms with Gasteiger partial charge in [0.25, 0.3) is 5.91 Å². The molecule has 0 saturated heterocycles. The molecule has 5 nitrogen and oxygen atoms in total. The molecule has 0 unspecified atom stereocenters. The Kier molecular flexibility index (Phi) is 6.06. The molecule has 8 heteroatoms. The highest BCUT2D eigenvalue weighted by atomic mass is 19.4. The van der Waals surface area contributed by atoms with E-state index in [0.717, 1.165) is 31.1 Å². The molecular formula is C22H25F3N2O3. The normalized spacial score (nSPS) is 23.1. The van der Waals surface area contributed by atoms with Crippen LogP contribution in [0.1, 0.15) is 51.5 Å². The maximum absolute atomic E-state index is 14.4. The van der Waals surface area contributed by atoms with Crippen molar-refractivity contribution in [2.45, 2.75) is 64.2 Å². The fraction of sp³-hybridized carbons (Fsp3) is 0.500. The van der Waals surface area contributed by atoms with Crippen molar-refractivity contribution in [1.82, 2.24) is 10.2 Å². The van der Waals surface area contributed by atoms with Gasteiger partial charge in [0.05, 0.1) is 12.1 Å². The highest BCUT2D eigenvalue weighted by Gasteiger charge is 2.70. The van der Waals surface area contributed by atoms with Crippen LogP contribution in [0.25, 0.3) is 0 Å². The maximum atomic E-state index is 14.4. The summed E-state index contributed by atoms with van der Waals surface area (Å²) in [5, 5.41) is 2.00. The summed E-state index contributed by atoms with van der Waals surface area (Å²) in [7, 11) is 0. The molecule has 1 aliphatic heterocycles. The Labute approximate surface area is 173 Å². The van der Waals surface area contributed by atoms with Crippen LogP contribution in [0.3, 0.4) is 0 Å². The van der Waals surface area contributed by atoms with Crippen LogP contribution in [0, 0.1) is 5.92 Å². The molecule has 1 N–H and O–H groups in total. The molecule has 1 saturated carbocycles. The van der Waals surface area contributed by atoms with E-state index in [1.165, 1.54) is 6.92 Å². The lowest BCUT2D eigenvalue weighted by Crippen LogP contribution is -2.66. The standard InChI is InChI=1S/C22H25F3N2O3/c1-14-18(15(2)28)21(22(23,24)25,26-19(29)17-11-7-4-8-12-17)20(30)27(14)13-16-9-5-3-6-10-16/h3,5-6,9-10,17H,4,7-8,11-13H2,1-2H3,(H,26,29)/t21-/m0/s1. The van der Waals surface area contributed by atoms with Crippen molar-refractivity contribution in [2.24, 2.45) is 5.92 Å². The van der Waals surface area contributed by atoms with Gasteiger partial charge in [-0.25, -0.2) is 0 Å². The first-order chi connectivity index (χ1) is 14.1. The molecule has 2 aliphatic rings. The number of Topliss-reactive ketones (excluding diaryl/α,β-unsaturated/α-hetero) is 1. The van der Waals surface area contributed by atoms with Crippen LogP contribution >= 0.6 is 0 Å². The predicted molar refractivity (Wildman–Crippen MR) is 104 cm³/mol. The number of rotatable bonds is 5. The summed E-state index contributed by atoms with van der Waals surface area (Å²) >= 11 is 0. The van der Waals surface area contributed by atoms with E-state index in [1.807, 2.05) is 5.32 Å². The summed E-state index contributed by atoms with van der Waals surface area (Å²) in [5.74, 6) is -3.65. The number of benzene rings is 1. The summed E-state index contributed by atoms with van der Waals surface area (Å²) in [6.07, 6.45) is -1.80. The lowest BCUT2D eigenvalue weighted by Gasteiger charge is -2.35. The maximum Gasteiger partial charge on any atom is 0.425 e. The van der Waals surface area contributed by atoms with E-state index in [0.29, 0.717) is 18.4 Å². The Bertz CT molecular complexity index is 873. The average Bonchev–Trinajstić information content (AvgIpc) is 2.91. The van der Waals surface area contributed by atoms with Crippen molar-refractivity contribution >= 4 is 17.6 Å². The van der Waals surface area contributed by atoms with E-state index >= 15 is 0 Å². The number of hydrogen-bond acceptors (Lipinski definition) is 3. The quantitative estimate of drug-likeness (QED) is 0.783. The first-order valence-electron chi connectivity index (χ1n) is 10.1. The Balaban J connectivity index is 2.04. The van der Waals surface area contributed by atoms with Crippen LogP contribution in [0.5, 0.6) is 0 Å². The van der Waals surface area contributed by atoms with Gasteiger partial charge in [0.2, 0.25) is 11.4 Å². The van der Waals surface area contributed by atoms with E-state index in [-0.39, 0.29) is 12.2 Å². The number of carbonyl (C=O) groups is 3.